The van der Waals surface area contributed by atoms with Crippen LogP contribution in [0.2, 0.25) is 0 Å². The number of nitrogens with zero attached hydrogens (tertiary/aromatic N) is 4. The number of rotatable bonds is 6. The number of fused-ring (bicyclic) bond motifs is 2. The second-order valence-electron chi connectivity index (χ2n) is 7.83. The maximum atomic E-state index is 13.3. The number of benzene rings is 2. The van der Waals surface area contributed by atoms with Crippen molar-refractivity contribution in [3.63, 3.8) is 0 Å². The summed E-state index contributed by atoms with van der Waals surface area (Å²) in [6.45, 7) is 5.68. The Labute approximate surface area is 193 Å². The lowest BCUT2D eigenvalue weighted by atomic mass is 10.1. The smallest absolute Gasteiger partial charge is 0.326 e. The lowest BCUT2D eigenvalue weighted by Crippen LogP contribution is -2.23. The monoisotopic (exact) mass is 494 g/mol. The van der Waals surface area contributed by atoms with Gasteiger partial charge >= 0.3 is 5.97 Å². The van der Waals surface area contributed by atoms with Gasteiger partial charge in [-0.25, -0.2) is 9.78 Å². The molecule has 0 aliphatic rings. The van der Waals surface area contributed by atoms with E-state index >= 15 is 0 Å². The van der Waals surface area contributed by atoms with E-state index in [-0.39, 0.29) is 11.5 Å². The fraction of sp³-hybridized carbons (Fsp3) is 0.250. The number of carboxylic acids is 1. The second kappa shape index (κ2) is 8.70. The quantitative estimate of drug-likeness (QED) is 0.375. The number of aliphatic carboxylic acids is 1. The first-order valence-corrected chi connectivity index (χ1v) is 11.2. The van der Waals surface area contributed by atoms with Gasteiger partial charge in [0.15, 0.2) is 0 Å². The average Bonchev–Trinajstić information content (AvgIpc) is 3.16. The first-order valence-electron chi connectivity index (χ1n) is 10.4. The number of carboxylic acid groups (broad SMARTS) is 1. The molecular weight excluding hydrogens is 472 g/mol. The van der Waals surface area contributed by atoms with Crippen LogP contribution in [0.1, 0.15) is 50.5 Å². The van der Waals surface area contributed by atoms with E-state index in [2.05, 4.69) is 21.0 Å². The Morgan fingerprint density at radius 1 is 1.22 bits per heavy atom. The maximum Gasteiger partial charge on any atom is 0.326 e. The summed E-state index contributed by atoms with van der Waals surface area (Å²) in [6.07, 6.45) is 4.16. The van der Waals surface area contributed by atoms with Crippen molar-refractivity contribution in [2.45, 2.75) is 39.2 Å². The van der Waals surface area contributed by atoms with E-state index < -0.39 is 12.0 Å². The summed E-state index contributed by atoms with van der Waals surface area (Å²) in [7, 11) is 0. The molecule has 2 aromatic heterocycles. The zero-order valence-corrected chi connectivity index (χ0v) is 19.6. The van der Waals surface area contributed by atoms with Crippen molar-refractivity contribution >= 4 is 49.9 Å². The van der Waals surface area contributed by atoms with Crippen LogP contribution in [0.4, 0.5) is 0 Å². The number of halogens is 1. The van der Waals surface area contributed by atoms with Gasteiger partial charge in [0.05, 0.1) is 17.1 Å². The Kier molecular flexibility index (Phi) is 5.97. The highest BCUT2D eigenvalue weighted by Crippen LogP contribution is 2.25. The summed E-state index contributed by atoms with van der Waals surface area (Å²) in [6, 6.07) is 12.2. The van der Waals surface area contributed by atoms with Gasteiger partial charge in [0.25, 0.3) is 5.56 Å². The van der Waals surface area contributed by atoms with Crippen LogP contribution in [-0.2, 0) is 4.79 Å². The number of hydrogen-bond acceptors (Lipinski definition) is 4. The lowest BCUT2D eigenvalue weighted by molar-refractivity contribution is -0.140. The van der Waals surface area contributed by atoms with Crippen molar-refractivity contribution in [1.82, 2.24) is 14.2 Å². The first kappa shape index (κ1) is 22.0. The SMILES string of the molecule is CC[C@H](C)c1nc2ccc(Br)cc2c(=O)n1N=Cc1cn([C@@H](C)C(=O)O)c2ccccc12. The molecule has 0 saturated carbocycles. The molecule has 0 bridgehead atoms. The van der Waals surface area contributed by atoms with Gasteiger partial charge in [0, 0.05) is 33.1 Å². The first-order chi connectivity index (χ1) is 15.3. The summed E-state index contributed by atoms with van der Waals surface area (Å²) in [4.78, 5) is 29.6. The molecule has 32 heavy (non-hydrogen) atoms. The Hall–Kier alpha value is -3.26. The molecule has 8 heteroatoms. The fourth-order valence-corrected chi connectivity index (χ4v) is 4.03. The minimum absolute atomic E-state index is 0.0290. The molecule has 2 heterocycles. The van der Waals surface area contributed by atoms with Gasteiger partial charge in [-0.05, 0) is 37.6 Å². The van der Waals surface area contributed by atoms with Gasteiger partial charge in [-0.15, -0.1) is 0 Å². The van der Waals surface area contributed by atoms with E-state index in [9.17, 15) is 14.7 Å². The number of aromatic nitrogens is 3. The van der Waals surface area contributed by atoms with Crippen molar-refractivity contribution in [2.75, 3.05) is 0 Å². The molecule has 0 fully saturated rings. The van der Waals surface area contributed by atoms with E-state index in [4.69, 9.17) is 4.98 Å². The van der Waals surface area contributed by atoms with E-state index in [1.165, 1.54) is 4.68 Å². The summed E-state index contributed by atoms with van der Waals surface area (Å²) in [5.74, 6) is -0.304. The van der Waals surface area contributed by atoms with Gasteiger partial charge in [0.2, 0.25) is 0 Å². The summed E-state index contributed by atoms with van der Waals surface area (Å²) < 4.78 is 3.85. The number of carbonyl (C=O) groups is 1. The minimum atomic E-state index is -0.922. The normalized spacial score (nSPS) is 13.8. The molecule has 2 aromatic carbocycles. The van der Waals surface area contributed by atoms with Crippen molar-refractivity contribution in [3.05, 3.63) is 74.9 Å². The van der Waals surface area contributed by atoms with Crippen LogP contribution in [0.3, 0.4) is 0 Å². The molecule has 0 radical (unpaired) electrons. The van der Waals surface area contributed by atoms with Crippen LogP contribution in [0, 0.1) is 0 Å². The Morgan fingerprint density at radius 2 is 1.97 bits per heavy atom. The highest BCUT2D eigenvalue weighted by Gasteiger charge is 2.18. The van der Waals surface area contributed by atoms with Crippen LogP contribution in [0.5, 0.6) is 0 Å². The fourth-order valence-electron chi connectivity index (χ4n) is 3.67. The summed E-state index contributed by atoms with van der Waals surface area (Å²) in [5, 5.41) is 15.4. The lowest BCUT2D eigenvalue weighted by Gasteiger charge is -2.13. The zero-order chi connectivity index (χ0) is 23.0. The maximum absolute atomic E-state index is 13.3. The molecular formula is C24H23BrN4O3. The number of hydrogen-bond donors (Lipinski definition) is 1. The van der Waals surface area contributed by atoms with Crippen LogP contribution in [0.25, 0.3) is 21.8 Å². The van der Waals surface area contributed by atoms with Crippen molar-refractivity contribution in [3.8, 4) is 0 Å². The van der Waals surface area contributed by atoms with Gasteiger partial charge in [-0.2, -0.15) is 9.78 Å². The highest BCUT2D eigenvalue weighted by molar-refractivity contribution is 9.10. The predicted octanol–water partition coefficient (Wildman–Crippen LogP) is 5.16. The van der Waals surface area contributed by atoms with Crippen LogP contribution in [0.15, 0.2) is 63.0 Å². The van der Waals surface area contributed by atoms with Crippen LogP contribution in [-0.4, -0.2) is 31.5 Å². The van der Waals surface area contributed by atoms with Crippen molar-refractivity contribution in [2.24, 2.45) is 5.10 Å². The molecule has 164 valence electrons. The van der Waals surface area contributed by atoms with Gasteiger partial charge in [0.1, 0.15) is 11.9 Å². The molecule has 0 unspecified atom stereocenters. The van der Waals surface area contributed by atoms with Crippen molar-refractivity contribution < 1.29 is 9.90 Å². The number of para-hydroxylation sites is 1. The van der Waals surface area contributed by atoms with Crippen molar-refractivity contribution in [1.29, 1.82) is 0 Å². The molecule has 0 amide bonds. The van der Waals surface area contributed by atoms with E-state index in [0.717, 1.165) is 27.4 Å². The molecule has 7 nitrogen and oxygen atoms in total. The summed E-state index contributed by atoms with van der Waals surface area (Å²) in [5.41, 5.74) is 1.90. The highest BCUT2D eigenvalue weighted by atomic mass is 79.9. The van der Waals surface area contributed by atoms with Crippen LogP contribution < -0.4 is 5.56 Å². The predicted molar refractivity (Wildman–Crippen MR) is 130 cm³/mol. The average molecular weight is 495 g/mol. The molecule has 0 aliphatic heterocycles. The second-order valence-corrected chi connectivity index (χ2v) is 8.74. The molecule has 4 rings (SSSR count). The minimum Gasteiger partial charge on any atom is -0.480 e. The third-order valence-electron chi connectivity index (χ3n) is 5.74. The standard InChI is InChI=1S/C24H23BrN4O3/c1-4-14(2)22-27-20-10-9-17(25)11-19(20)23(30)29(22)26-12-16-13-28(15(3)24(31)32)21-8-6-5-7-18(16)21/h5-15H,4H2,1-3H3,(H,31,32)/t14-,15-/m0/s1. The molecule has 1 N–H and O–H groups in total. The third kappa shape index (κ3) is 3.86. The van der Waals surface area contributed by atoms with E-state index in [1.54, 1.807) is 30.0 Å². The third-order valence-corrected chi connectivity index (χ3v) is 6.24. The topological polar surface area (TPSA) is 89.5 Å². The molecule has 2 atom stereocenters. The summed E-state index contributed by atoms with van der Waals surface area (Å²) >= 11 is 3.42. The van der Waals surface area contributed by atoms with Gasteiger partial charge in [-0.3, -0.25) is 4.79 Å². The van der Waals surface area contributed by atoms with Gasteiger partial charge in [-0.1, -0.05) is 48.0 Å². The Bertz CT molecular complexity index is 1420. The zero-order valence-electron chi connectivity index (χ0n) is 18.0. The largest absolute Gasteiger partial charge is 0.480 e. The molecule has 0 saturated heterocycles. The Morgan fingerprint density at radius 3 is 2.69 bits per heavy atom. The van der Waals surface area contributed by atoms with E-state index in [1.807, 2.05) is 50.2 Å². The molecule has 4 aromatic rings. The van der Waals surface area contributed by atoms with E-state index in [0.29, 0.717) is 16.7 Å². The molecule has 0 aliphatic carbocycles. The van der Waals surface area contributed by atoms with Gasteiger partial charge < -0.3 is 9.67 Å². The Balaban J connectivity index is 1.91. The van der Waals surface area contributed by atoms with Crippen LogP contribution >= 0.6 is 15.9 Å². The molecule has 0 spiro atoms.